The predicted molar refractivity (Wildman–Crippen MR) is 61.4 cm³/mol. The molecule has 1 rings (SSSR count). The van der Waals surface area contributed by atoms with E-state index in [0.29, 0.717) is 6.54 Å². The lowest BCUT2D eigenvalue weighted by molar-refractivity contribution is -0.145. The van der Waals surface area contributed by atoms with E-state index in [2.05, 4.69) is 0 Å². The number of hydrogen-bond acceptors (Lipinski definition) is 2. The van der Waals surface area contributed by atoms with Gasteiger partial charge in [-0.15, -0.1) is 0 Å². The lowest BCUT2D eigenvalue weighted by atomic mass is 9.98. The molecular formula is C12H19NO2. The normalized spacial score (nSPS) is 10.1. The van der Waals surface area contributed by atoms with E-state index < -0.39 is 11.4 Å². The second kappa shape index (κ2) is 6.19. The summed E-state index contributed by atoms with van der Waals surface area (Å²) in [6.45, 7) is 5.63. The van der Waals surface area contributed by atoms with Crippen LogP contribution in [0.4, 0.5) is 0 Å². The van der Waals surface area contributed by atoms with Gasteiger partial charge in [0.25, 0.3) is 0 Å². The first kappa shape index (κ1) is 13.7. The van der Waals surface area contributed by atoms with Crippen LogP contribution in [0.5, 0.6) is 0 Å². The first-order valence-electron chi connectivity index (χ1n) is 4.85. The molecule has 15 heavy (non-hydrogen) atoms. The molecule has 0 spiro atoms. The molecule has 0 fully saturated rings. The number of aliphatic carboxylic acids is 1. The van der Waals surface area contributed by atoms with Crippen LogP contribution in [-0.4, -0.2) is 11.1 Å². The molecule has 84 valence electrons. The summed E-state index contributed by atoms with van der Waals surface area (Å²) in [6.07, 6.45) is 0. The highest BCUT2D eigenvalue weighted by Gasteiger charge is 2.18. The van der Waals surface area contributed by atoms with Gasteiger partial charge in [0.05, 0.1) is 5.41 Å². The maximum Gasteiger partial charge on any atom is 0.308 e. The summed E-state index contributed by atoms with van der Waals surface area (Å²) >= 11 is 0. The molecule has 0 aliphatic heterocycles. The summed E-state index contributed by atoms with van der Waals surface area (Å²) in [5, 5.41) is 8.25. The molecule has 3 nitrogen and oxygen atoms in total. The minimum atomic E-state index is -0.757. The van der Waals surface area contributed by atoms with E-state index >= 15 is 0 Å². The van der Waals surface area contributed by atoms with Crippen molar-refractivity contribution in [3.05, 3.63) is 35.9 Å². The standard InChI is InChI=1S/C7H9N.C5H10O2/c8-6-7-4-2-1-3-5-7;1-5(2,3)4(6)7/h1-5H,6,8H2;1-3H3,(H,6,7). The number of carboxylic acid groups (broad SMARTS) is 1. The summed E-state index contributed by atoms with van der Waals surface area (Å²) in [6, 6.07) is 9.99. The maximum absolute atomic E-state index is 10.0. The second-order valence-corrected chi connectivity index (χ2v) is 4.24. The van der Waals surface area contributed by atoms with Gasteiger partial charge in [-0.25, -0.2) is 0 Å². The fraction of sp³-hybridized carbons (Fsp3) is 0.417. The van der Waals surface area contributed by atoms with Gasteiger partial charge in [0, 0.05) is 6.54 Å². The van der Waals surface area contributed by atoms with Gasteiger partial charge in [-0.3, -0.25) is 4.79 Å². The third-order valence-corrected chi connectivity index (χ3v) is 1.72. The Bertz CT molecular complexity index is 288. The minimum absolute atomic E-state index is 0.583. The lowest BCUT2D eigenvalue weighted by Gasteiger charge is -2.08. The predicted octanol–water partition coefficient (Wildman–Crippen LogP) is 2.26. The fourth-order valence-corrected chi connectivity index (χ4v) is 0.614. The molecule has 0 saturated carbocycles. The van der Waals surface area contributed by atoms with Crippen molar-refractivity contribution < 1.29 is 9.90 Å². The van der Waals surface area contributed by atoms with Crippen LogP contribution in [0, 0.1) is 5.41 Å². The van der Waals surface area contributed by atoms with E-state index in [1.54, 1.807) is 20.8 Å². The van der Waals surface area contributed by atoms with Crippen molar-refractivity contribution in [2.24, 2.45) is 11.1 Å². The Morgan fingerprint density at radius 2 is 1.67 bits per heavy atom. The topological polar surface area (TPSA) is 63.3 Å². The number of rotatable bonds is 1. The van der Waals surface area contributed by atoms with Gasteiger partial charge >= 0.3 is 5.97 Å². The maximum atomic E-state index is 10.0. The molecule has 1 aromatic rings. The summed E-state index contributed by atoms with van der Waals surface area (Å²) in [4.78, 5) is 10.0. The third kappa shape index (κ3) is 6.69. The Balaban J connectivity index is 0.000000265. The quantitative estimate of drug-likeness (QED) is 0.745. The van der Waals surface area contributed by atoms with Crippen molar-refractivity contribution >= 4 is 5.97 Å². The Morgan fingerprint density at radius 3 is 1.87 bits per heavy atom. The average molecular weight is 209 g/mol. The molecule has 0 amide bonds. The van der Waals surface area contributed by atoms with Crippen LogP contribution in [0.25, 0.3) is 0 Å². The molecule has 0 saturated heterocycles. The monoisotopic (exact) mass is 209 g/mol. The molecule has 0 aliphatic rings. The SMILES string of the molecule is CC(C)(C)C(=O)O.NCc1ccccc1. The summed E-state index contributed by atoms with van der Waals surface area (Å²) in [5.41, 5.74) is 5.95. The zero-order valence-electron chi connectivity index (χ0n) is 9.53. The van der Waals surface area contributed by atoms with Crippen LogP contribution in [0.15, 0.2) is 30.3 Å². The molecule has 0 bridgehead atoms. The number of carboxylic acids is 1. The van der Waals surface area contributed by atoms with Crippen LogP contribution in [-0.2, 0) is 11.3 Å². The highest BCUT2D eigenvalue weighted by Crippen LogP contribution is 2.11. The molecule has 0 aliphatic carbocycles. The van der Waals surface area contributed by atoms with Gasteiger partial charge in [-0.05, 0) is 26.3 Å². The molecule has 0 radical (unpaired) electrons. The highest BCUT2D eigenvalue weighted by atomic mass is 16.4. The van der Waals surface area contributed by atoms with Crippen molar-refractivity contribution in [3.8, 4) is 0 Å². The average Bonchev–Trinajstić information content (AvgIpc) is 2.18. The van der Waals surface area contributed by atoms with E-state index in [9.17, 15) is 4.79 Å². The van der Waals surface area contributed by atoms with E-state index in [1.165, 1.54) is 5.56 Å². The number of nitrogens with two attached hydrogens (primary N) is 1. The summed E-state index contributed by atoms with van der Waals surface area (Å²) < 4.78 is 0. The lowest BCUT2D eigenvalue weighted by Crippen LogP contribution is -2.18. The Kier molecular flexibility index (Phi) is 5.64. The third-order valence-electron chi connectivity index (χ3n) is 1.72. The van der Waals surface area contributed by atoms with Gasteiger partial charge in [-0.1, -0.05) is 30.3 Å². The molecule has 0 aromatic heterocycles. The van der Waals surface area contributed by atoms with Crippen LogP contribution in [0.1, 0.15) is 26.3 Å². The number of carbonyl (C=O) groups is 1. The van der Waals surface area contributed by atoms with Gasteiger partial charge in [0.2, 0.25) is 0 Å². The van der Waals surface area contributed by atoms with Crippen molar-refractivity contribution in [3.63, 3.8) is 0 Å². The van der Waals surface area contributed by atoms with E-state index in [-0.39, 0.29) is 0 Å². The van der Waals surface area contributed by atoms with Crippen LogP contribution >= 0.6 is 0 Å². The smallest absolute Gasteiger partial charge is 0.308 e. The Labute approximate surface area is 90.9 Å². The van der Waals surface area contributed by atoms with Crippen molar-refractivity contribution in [1.29, 1.82) is 0 Å². The molecule has 3 heteroatoms. The van der Waals surface area contributed by atoms with Crippen molar-refractivity contribution in [1.82, 2.24) is 0 Å². The Morgan fingerprint density at radius 1 is 1.27 bits per heavy atom. The molecular weight excluding hydrogens is 190 g/mol. The molecule has 1 aromatic carbocycles. The van der Waals surface area contributed by atoms with Crippen molar-refractivity contribution in [2.45, 2.75) is 27.3 Å². The Hall–Kier alpha value is -1.35. The summed E-state index contributed by atoms with van der Waals surface area (Å²) in [7, 11) is 0. The van der Waals surface area contributed by atoms with E-state index in [4.69, 9.17) is 10.8 Å². The number of benzene rings is 1. The molecule has 0 atom stereocenters. The van der Waals surface area contributed by atoms with E-state index in [1.807, 2.05) is 30.3 Å². The van der Waals surface area contributed by atoms with Crippen LogP contribution in [0.3, 0.4) is 0 Å². The molecule has 0 unspecified atom stereocenters. The minimum Gasteiger partial charge on any atom is -0.481 e. The molecule has 0 heterocycles. The zero-order chi connectivity index (χ0) is 11.9. The largest absolute Gasteiger partial charge is 0.481 e. The van der Waals surface area contributed by atoms with Crippen molar-refractivity contribution in [2.75, 3.05) is 0 Å². The summed E-state index contributed by atoms with van der Waals surface area (Å²) in [5.74, 6) is -0.757. The second-order valence-electron chi connectivity index (χ2n) is 4.24. The number of hydrogen-bond donors (Lipinski definition) is 2. The van der Waals surface area contributed by atoms with Gasteiger partial charge in [0.15, 0.2) is 0 Å². The van der Waals surface area contributed by atoms with Crippen LogP contribution < -0.4 is 5.73 Å². The van der Waals surface area contributed by atoms with Gasteiger partial charge in [0.1, 0.15) is 0 Å². The zero-order valence-corrected chi connectivity index (χ0v) is 9.53. The fourth-order valence-electron chi connectivity index (χ4n) is 0.614. The van der Waals surface area contributed by atoms with E-state index in [0.717, 1.165) is 0 Å². The van der Waals surface area contributed by atoms with Crippen LogP contribution in [0.2, 0.25) is 0 Å². The van der Waals surface area contributed by atoms with Gasteiger partial charge in [-0.2, -0.15) is 0 Å². The van der Waals surface area contributed by atoms with Gasteiger partial charge < -0.3 is 10.8 Å². The highest BCUT2D eigenvalue weighted by molar-refractivity contribution is 5.72. The first-order chi connectivity index (χ1) is 6.88. The molecule has 3 N–H and O–H groups in total. The first-order valence-corrected chi connectivity index (χ1v) is 4.85.